The average Bonchev–Trinajstić information content (AvgIpc) is 2.56. The largest absolute Gasteiger partial charge is 0.389 e. The van der Waals surface area contributed by atoms with Crippen LogP contribution in [0.5, 0.6) is 0 Å². The van der Waals surface area contributed by atoms with Crippen LogP contribution in [0, 0.1) is 5.92 Å². The summed E-state index contributed by atoms with van der Waals surface area (Å²) in [6.07, 6.45) is 7.42. The second-order valence-electron chi connectivity index (χ2n) is 6.95. The number of ether oxygens (including phenoxy) is 1. The Balaban J connectivity index is 1.36. The van der Waals surface area contributed by atoms with E-state index in [1.54, 1.807) is 0 Å². The lowest BCUT2D eigenvalue weighted by atomic mass is 9.90. The van der Waals surface area contributed by atoms with E-state index in [-0.39, 0.29) is 6.10 Å². The first-order valence-electron chi connectivity index (χ1n) is 8.86. The lowest BCUT2D eigenvalue weighted by Gasteiger charge is -2.30. The molecule has 1 aliphatic carbocycles. The van der Waals surface area contributed by atoms with Crippen LogP contribution < -0.4 is 0 Å². The third-order valence-corrected chi connectivity index (χ3v) is 5.07. The molecule has 0 aromatic heterocycles. The van der Waals surface area contributed by atoms with Gasteiger partial charge in [-0.3, -0.25) is 4.90 Å². The molecule has 2 aliphatic rings. The number of nitrogens with zero attached hydrogens (tertiary/aromatic N) is 1. The Bertz CT molecular complexity index is 457. The lowest BCUT2D eigenvalue weighted by molar-refractivity contribution is -0.00146. The van der Waals surface area contributed by atoms with Gasteiger partial charge in [-0.1, -0.05) is 43.5 Å². The number of β-amino-alcohol motifs (C(OH)–C–C–N with tert-alkyl or cyclic N) is 1. The summed E-state index contributed by atoms with van der Waals surface area (Å²) in [4.78, 5) is 2.34. The Morgan fingerprint density at radius 1 is 1.14 bits per heavy atom. The van der Waals surface area contributed by atoms with Crippen molar-refractivity contribution in [3.63, 3.8) is 0 Å². The van der Waals surface area contributed by atoms with E-state index in [1.165, 1.54) is 43.2 Å². The molecule has 1 N–H and O–H groups in total. The first-order chi connectivity index (χ1) is 10.8. The number of benzene rings is 1. The van der Waals surface area contributed by atoms with E-state index in [0.717, 1.165) is 38.6 Å². The standard InChI is InChI=1S/C19H29NO2/c21-19(15-22-14-16-6-2-1-3-7-16)13-20-11-10-17-8-4-5-9-18(17)12-20/h4-5,8-9,16,19,21H,1-3,6-7,10-15H2. The molecule has 1 aliphatic heterocycles. The summed E-state index contributed by atoms with van der Waals surface area (Å²) < 4.78 is 5.77. The first-order valence-corrected chi connectivity index (χ1v) is 8.86. The fraction of sp³-hybridized carbons (Fsp3) is 0.684. The molecule has 1 unspecified atom stereocenters. The van der Waals surface area contributed by atoms with Crippen LogP contribution in [0.15, 0.2) is 24.3 Å². The van der Waals surface area contributed by atoms with Crippen LogP contribution in [0.1, 0.15) is 43.2 Å². The summed E-state index contributed by atoms with van der Waals surface area (Å²) in [7, 11) is 0. The fourth-order valence-corrected chi connectivity index (χ4v) is 3.79. The van der Waals surface area contributed by atoms with Gasteiger partial charge in [0.1, 0.15) is 0 Å². The van der Waals surface area contributed by atoms with E-state index < -0.39 is 0 Å². The highest BCUT2D eigenvalue weighted by atomic mass is 16.5. The fourth-order valence-electron chi connectivity index (χ4n) is 3.79. The van der Waals surface area contributed by atoms with E-state index in [0.29, 0.717) is 6.61 Å². The van der Waals surface area contributed by atoms with E-state index in [9.17, 15) is 5.11 Å². The van der Waals surface area contributed by atoms with E-state index >= 15 is 0 Å². The Morgan fingerprint density at radius 3 is 2.73 bits per heavy atom. The molecule has 0 spiro atoms. The molecule has 1 atom stereocenters. The minimum Gasteiger partial charge on any atom is -0.389 e. The molecular formula is C19H29NO2. The lowest BCUT2D eigenvalue weighted by Crippen LogP contribution is -2.38. The summed E-state index contributed by atoms with van der Waals surface area (Å²) in [5, 5.41) is 10.2. The van der Waals surface area contributed by atoms with Crippen molar-refractivity contribution in [2.75, 3.05) is 26.3 Å². The number of hydrogen-bond acceptors (Lipinski definition) is 3. The molecule has 0 radical (unpaired) electrons. The molecule has 3 heteroatoms. The summed E-state index contributed by atoms with van der Waals surface area (Å²) in [6.45, 7) is 4.03. The highest BCUT2D eigenvalue weighted by molar-refractivity contribution is 5.29. The molecule has 0 bridgehead atoms. The van der Waals surface area contributed by atoms with Gasteiger partial charge in [-0.25, -0.2) is 0 Å². The van der Waals surface area contributed by atoms with Crippen molar-refractivity contribution < 1.29 is 9.84 Å². The summed E-state index contributed by atoms with van der Waals surface area (Å²) >= 11 is 0. The summed E-state index contributed by atoms with van der Waals surface area (Å²) in [5.41, 5.74) is 2.87. The molecule has 1 aromatic rings. The van der Waals surface area contributed by atoms with Crippen molar-refractivity contribution in [2.24, 2.45) is 5.92 Å². The molecule has 3 rings (SSSR count). The molecule has 122 valence electrons. The van der Waals surface area contributed by atoms with Gasteiger partial charge in [0.2, 0.25) is 0 Å². The SMILES string of the molecule is OC(COCC1CCCCC1)CN1CCc2ccccc2C1. The number of rotatable bonds is 6. The van der Waals surface area contributed by atoms with Crippen molar-refractivity contribution in [1.82, 2.24) is 4.90 Å². The maximum Gasteiger partial charge on any atom is 0.0900 e. The number of aliphatic hydroxyl groups excluding tert-OH is 1. The second-order valence-corrected chi connectivity index (χ2v) is 6.95. The number of aliphatic hydroxyl groups is 1. The van der Waals surface area contributed by atoms with Crippen LogP contribution in [-0.2, 0) is 17.7 Å². The van der Waals surface area contributed by atoms with Crippen LogP contribution in [0.25, 0.3) is 0 Å². The normalized spacial score (nSPS) is 21.5. The van der Waals surface area contributed by atoms with Gasteiger partial charge in [0.25, 0.3) is 0 Å². The number of hydrogen-bond donors (Lipinski definition) is 1. The van der Waals surface area contributed by atoms with Crippen LogP contribution in [0.3, 0.4) is 0 Å². The first kappa shape index (κ1) is 16.0. The highest BCUT2D eigenvalue weighted by Crippen LogP contribution is 2.23. The van der Waals surface area contributed by atoms with E-state index in [2.05, 4.69) is 29.2 Å². The quantitative estimate of drug-likeness (QED) is 0.877. The maximum atomic E-state index is 10.2. The van der Waals surface area contributed by atoms with Gasteiger partial charge in [0, 0.05) is 26.2 Å². The zero-order valence-electron chi connectivity index (χ0n) is 13.5. The van der Waals surface area contributed by atoms with Gasteiger partial charge in [0.05, 0.1) is 12.7 Å². The van der Waals surface area contributed by atoms with Crippen LogP contribution in [0.4, 0.5) is 0 Å². The smallest absolute Gasteiger partial charge is 0.0900 e. The zero-order chi connectivity index (χ0) is 15.2. The topological polar surface area (TPSA) is 32.7 Å². The minimum atomic E-state index is -0.367. The molecule has 1 aromatic carbocycles. The van der Waals surface area contributed by atoms with Crippen molar-refractivity contribution in [2.45, 2.75) is 51.2 Å². The molecule has 1 heterocycles. The van der Waals surface area contributed by atoms with Crippen LogP contribution in [0.2, 0.25) is 0 Å². The third-order valence-electron chi connectivity index (χ3n) is 5.07. The zero-order valence-corrected chi connectivity index (χ0v) is 13.5. The van der Waals surface area contributed by atoms with Crippen LogP contribution >= 0.6 is 0 Å². The van der Waals surface area contributed by atoms with E-state index in [4.69, 9.17) is 4.74 Å². The summed E-state index contributed by atoms with van der Waals surface area (Å²) in [6, 6.07) is 8.64. The van der Waals surface area contributed by atoms with Crippen molar-refractivity contribution in [1.29, 1.82) is 0 Å². The average molecular weight is 303 g/mol. The second kappa shape index (κ2) is 8.09. The Kier molecular flexibility index (Phi) is 5.88. The van der Waals surface area contributed by atoms with Gasteiger partial charge in [-0.15, -0.1) is 0 Å². The molecule has 1 fully saturated rings. The Morgan fingerprint density at radius 2 is 1.91 bits per heavy atom. The van der Waals surface area contributed by atoms with Gasteiger partial charge < -0.3 is 9.84 Å². The minimum absolute atomic E-state index is 0.367. The molecule has 0 amide bonds. The molecule has 3 nitrogen and oxygen atoms in total. The molecule has 22 heavy (non-hydrogen) atoms. The predicted octanol–water partition coefficient (Wildman–Crippen LogP) is 3.00. The van der Waals surface area contributed by atoms with Crippen molar-refractivity contribution in [3.8, 4) is 0 Å². The van der Waals surface area contributed by atoms with Crippen molar-refractivity contribution >= 4 is 0 Å². The molecular weight excluding hydrogens is 274 g/mol. The highest BCUT2D eigenvalue weighted by Gasteiger charge is 2.19. The predicted molar refractivity (Wildman–Crippen MR) is 88.8 cm³/mol. The third kappa shape index (κ3) is 4.55. The van der Waals surface area contributed by atoms with Gasteiger partial charge in [-0.2, -0.15) is 0 Å². The van der Waals surface area contributed by atoms with Crippen molar-refractivity contribution in [3.05, 3.63) is 35.4 Å². The summed E-state index contributed by atoms with van der Waals surface area (Å²) in [5.74, 6) is 0.725. The Labute approximate surface area is 134 Å². The van der Waals surface area contributed by atoms with Gasteiger partial charge >= 0.3 is 0 Å². The van der Waals surface area contributed by atoms with Gasteiger partial charge in [-0.05, 0) is 36.3 Å². The van der Waals surface area contributed by atoms with Crippen LogP contribution in [-0.4, -0.2) is 42.4 Å². The Hall–Kier alpha value is -0.900. The monoisotopic (exact) mass is 303 g/mol. The maximum absolute atomic E-state index is 10.2. The number of fused-ring (bicyclic) bond motifs is 1. The molecule has 0 saturated heterocycles. The van der Waals surface area contributed by atoms with Gasteiger partial charge in [0.15, 0.2) is 0 Å². The molecule has 1 saturated carbocycles. The van der Waals surface area contributed by atoms with E-state index in [1.807, 2.05) is 0 Å².